The molecular weight excluding hydrogens is 404 g/mol. The number of rotatable bonds is 5. The zero-order valence-corrected chi connectivity index (χ0v) is 18.4. The van der Waals surface area contributed by atoms with E-state index in [0.29, 0.717) is 29.0 Å². The average molecular weight is 428 g/mol. The highest BCUT2D eigenvalue weighted by atomic mass is 16.5. The first-order valence-electron chi connectivity index (χ1n) is 10.2. The molecule has 0 spiro atoms. The maximum atomic E-state index is 12.4. The number of nitrogens with one attached hydrogen (secondary N) is 2. The summed E-state index contributed by atoms with van der Waals surface area (Å²) >= 11 is 0. The molecule has 32 heavy (non-hydrogen) atoms. The number of carbonyl (C=O) groups excluding carboxylic acids is 1. The SMILES string of the molecule is Cc1nc(Oc2ccc(NC(=O)Nc3cccc(C)c3C)cc2)cc(-n2ccnc2C)n1. The Morgan fingerprint density at radius 2 is 1.75 bits per heavy atom. The van der Waals surface area contributed by atoms with Crippen LogP contribution in [0.4, 0.5) is 16.2 Å². The summed E-state index contributed by atoms with van der Waals surface area (Å²) in [5.74, 6) is 3.12. The molecule has 2 heterocycles. The summed E-state index contributed by atoms with van der Waals surface area (Å²) in [6.07, 6.45) is 3.56. The Bertz CT molecular complexity index is 1260. The van der Waals surface area contributed by atoms with Crippen LogP contribution < -0.4 is 15.4 Å². The van der Waals surface area contributed by atoms with Crippen molar-refractivity contribution in [2.75, 3.05) is 10.6 Å². The molecule has 0 saturated heterocycles. The van der Waals surface area contributed by atoms with Crippen LogP contribution in [-0.2, 0) is 0 Å². The quantitative estimate of drug-likeness (QED) is 0.448. The third kappa shape index (κ3) is 4.75. The Kier molecular flexibility index (Phi) is 5.85. The molecule has 8 nitrogen and oxygen atoms in total. The van der Waals surface area contributed by atoms with Crippen LogP contribution in [0.15, 0.2) is 60.9 Å². The van der Waals surface area contributed by atoms with Crippen molar-refractivity contribution in [1.82, 2.24) is 19.5 Å². The molecule has 162 valence electrons. The highest BCUT2D eigenvalue weighted by Crippen LogP contribution is 2.24. The van der Waals surface area contributed by atoms with Gasteiger partial charge in [-0.3, -0.25) is 4.57 Å². The number of carbonyl (C=O) groups is 1. The number of ether oxygens (including phenoxy) is 1. The van der Waals surface area contributed by atoms with E-state index in [1.807, 2.05) is 56.7 Å². The second-order valence-corrected chi connectivity index (χ2v) is 7.41. The van der Waals surface area contributed by atoms with Crippen molar-refractivity contribution in [3.05, 3.63) is 83.7 Å². The molecule has 0 aliphatic heterocycles. The Morgan fingerprint density at radius 1 is 0.969 bits per heavy atom. The van der Waals surface area contributed by atoms with Crippen LogP contribution in [0.25, 0.3) is 5.82 Å². The number of imidazole rings is 1. The highest BCUT2D eigenvalue weighted by molar-refractivity contribution is 6.00. The zero-order valence-electron chi connectivity index (χ0n) is 18.4. The van der Waals surface area contributed by atoms with Crippen molar-refractivity contribution in [2.45, 2.75) is 27.7 Å². The third-order valence-electron chi connectivity index (χ3n) is 5.06. The monoisotopic (exact) mass is 428 g/mol. The predicted molar refractivity (Wildman–Crippen MR) is 124 cm³/mol. The fourth-order valence-corrected chi connectivity index (χ4v) is 3.22. The van der Waals surface area contributed by atoms with Gasteiger partial charge in [-0.05, 0) is 69.2 Å². The van der Waals surface area contributed by atoms with Gasteiger partial charge in [-0.15, -0.1) is 0 Å². The maximum absolute atomic E-state index is 12.4. The summed E-state index contributed by atoms with van der Waals surface area (Å²) in [6.45, 7) is 7.70. The molecule has 2 aromatic heterocycles. The molecule has 2 amide bonds. The van der Waals surface area contributed by atoms with Gasteiger partial charge < -0.3 is 15.4 Å². The van der Waals surface area contributed by atoms with Gasteiger partial charge in [0.05, 0.1) is 0 Å². The van der Waals surface area contributed by atoms with Gasteiger partial charge in [0.2, 0.25) is 5.88 Å². The van der Waals surface area contributed by atoms with Crippen LogP contribution in [0.5, 0.6) is 11.6 Å². The second-order valence-electron chi connectivity index (χ2n) is 7.41. The maximum Gasteiger partial charge on any atom is 0.323 e. The minimum Gasteiger partial charge on any atom is -0.439 e. The van der Waals surface area contributed by atoms with Gasteiger partial charge in [-0.2, -0.15) is 4.98 Å². The molecule has 0 fully saturated rings. The Hall–Kier alpha value is -4.20. The first-order valence-corrected chi connectivity index (χ1v) is 10.2. The molecule has 4 rings (SSSR count). The van der Waals surface area contributed by atoms with E-state index in [1.54, 1.807) is 36.5 Å². The Morgan fingerprint density at radius 3 is 2.47 bits per heavy atom. The van der Waals surface area contributed by atoms with E-state index >= 15 is 0 Å². The fourth-order valence-electron chi connectivity index (χ4n) is 3.22. The molecule has 0 aliphatic carbocycles. The number of anilines is 2. The summed E-state index contributed by atoms with van der Waals surface area (Å²) in [7, 11) is 0. The summed E-state index contributed by atoms with van der Waals surface area (Å²) in [4.78, 5) is 25.4. The summed E-state index contributed by atoms with van der Waals surface area (Å²) in [5.41, 5.74) is 3.59. The lowest BCUT2D eigenvalue weighted by Crippen LogP contribution is -2.20. The zero-order chi connectivity index (χ0) is 22.7. The van der Waals surface area contributed by atoms with Crippen LogP contribution in [0, 0.1) is 27.7 Å². The second kappa shape index (κ2) is 8.89. The van der Waals surface area contributed by atoms with Gasteiger partial charge in [-0.1, -0.05) is 12.1 Å². The first kappa shape index (κ1) is 21.0. The van der Waals surface area contributed by atoms with Gasteiger partial charge in [0.15, 0.2) is 0 Å². The lowest BCUT2D eigenvalue weighted by Gasteiger charge is -2.12. The molecule has 0 aliphatic rings. The number of nitrogens with zero attached hydrogens (tertiary/aromatic N) is 4. The minimum atomic E-state index is -0.306. The molecular formula is C24H24N6O2. The fraction of sp³-hybridized carbons (Fsp3) is 0.167. The van der Waals surface area contributed by atoms with E-state index in [4.69, 9.17) is 4.74 Å². The van der Waals surface area contributed by atoms with Crippen LogP contribution in [0.2, 0.25) is 0 Å². The standard InChI is InChI=1S/C24H24N6O2/c1-15-6-5-7-21(16(15)2)29-24(31)28-19-8-10-20(11-9-19)32-23-14-22(26-17(3)27-23)30-13-12-25-18(30)4/h5-14H,1-4H3,(H2,28,29,31). The topological polar surface area (TPSA) is 94.0 Å². The van der Waals surface area contributed by atoms with Crippen molar-refractivity contribution in [3.8, 4) is 17.4 Å². The molecule has 8 heteroatoms. The van der Waals surface area contributed by atoms with Gasteiger partial charge >= 0.3 is 6.03 Å². The van der Waals surface area contributed by atoms with Gasteiger partial charge in [0, 0.05) is 29.8 Å². The summed E-state index contributed by atoms with van der Waals surface area (Å²) < 4.78 is 7.77. The Labute approximate surface area is 186 Å². The van der Waals surface area contributed by atoms with Gasteiger partial charge in [-0.25, -0.2) is 14.8 Å². The number of amides is 2. The van der Waals surface area contributed by atoms with E-state index < -0.39 is 0 Å². The third-order valence-corrected chi connectivity index (χ3v) is 5.06. The number of hydrogen-bond donors (Lipinski definition) is 2. The van der Waals surface area contributed by atoms with Gasteiger partial charge in [0.25, 0.3) is 0 Å². The number of hydrogen-bond acceptors (Lipinski definition) is 5. The lowest BCUT2D eigenvalue weighted by molar-refractivity contribution is 0.262. The smallest absolute Gasteiger partial charge is 0.323 e. The molecule has 0 bridgehead atoms. The average Bonchev–Trinajstić information content (AvgIpc) is 3.18. The number of benzene rings is 2. The molecule has 4 aromatic rings. The summed E-state index contributed by atoms with van der Waals surface area (Å²) in [6, 6.07) is 14.3. The van der Waals surface area contributed by atoms with Crippen LogP contribution in [-0.4, -0.2) is 25.6 Å². The normalized spacial score (nSPS) is 10.6. The predicted octanol–water partition coefficient (Wildman–Crippen LogP) is 5.33. The molecule has 0 unspecified atom stereocenters. The van der Waals surface area contributed by atoms with E-state index in [1.165, 1.54) is 0 Å². The van der Waals surface area contributed by atoms with Crippen LogP contribution in [0.1, 0.15) is 22.8 Å². The van der Waals surface area contributed by atoms with Crippen molar-refractivity contribution in [2.24, 2.45) is 0 Å². The molecule has 0 atom stereocenters. The van der Waals surface area contributed by atoms with Gasteiger partial charge in [0.1, 0.15) is 23.2 Å². The van der Waals surface area contributed by atoms with E-state index in [-0.39, 0.29) is 6.03 Å². The Balaban J connectivity index is 1.43. The van der Waals surface area contributed by atoms with Crippen molar-refractivity contribution < 1.29 is 9.53 Å². The number of aryl methyl sites for hydroxylation is 3. The van der Waals surface area contributed by atoms with Crippen molar-refractivity contribution in [3.63, 3.8) is 0 Å². The van der Waals surface area contributed by atoms with E-state index in [9.17, 15) is 4.79 Å². The van der Waals surface area contributed by atoms with Crippen LogP contribution >= 0.6 is 0 Å². The number of aromatic nitrogens is 4. The van der Waals surface area contributed by atoms with E-state index in [2.05, 4.69) is 25.6 Å². The van der Waals surface area contributed by atoms with E-state index in [0.717, 1.165) is 22.6 Å². The molecule has 2 N–H and O–H groups in total. The first-order chi connectivity index (χ1) is 15.4. The molecule has 0 radical (unpaired) electrons. The molecule has 0 saturated carbocycles. The van der Waals surface area contributed by atoms with Crippen molar-refractivity contribution in [1.29, 1.82) is 0 Å². The minimum absolute atomic E-state index is 0.306. The number of urea groups is 1. The largest absolute Gasteiger partial charge is 0.439 e. The highest BCUT2D eigenvalue weighted by Gasteiger charge is 2.09. The summed E-state index contributed by atoms with van der Waals surface area (Å²) in [5, 5.41) is 5.71. The lowest BCUT2D eigenvalue weighted by atomic mass is 10.1. The molecule has 2 aromatic carbocycles. The van der Waals surface area contributed by atoms with Crippen molar-refractivity contribution >= 4 is 17.4 Å². The van der Waals surface area contributed by atoms with Crippen LogP contribution in [0.3, 0.4) is 0 Å².